The van der Waals surface area contributed by atoms with Crippen LogP contribution in [0.25, 0.3) is 0 Å². The summed E-state index contributed by atoms with van der Waals surface area (Å²) in [6, 6.07) is 7.76. The molecule has 0 spiro atoms. The predicted molar refractivity (Wildman–Crippen MR) is 77.1 cm³/mol. The molecule has 0 unspecified atom stereocenters. The number of nitrogens with one attached hydrogen (secondary N) is 1. The molecule has 0 radical (unpaired) electrons. The minimum absolute atomic E-state index is 0.126. The number of amides is 1. The van der Waals surface area contributed by atoms with Crippen LogP contribution < -0.4 is 11.1 Å². The van der Waals surface area contributed by atoms with Crippen molar-refractivity contribution < 1.29 is 14.7 Å². The molecule has 20 heavy (non-hydrogen) atoms. The first kappa shape index (κ1) is 14.0. The minimum atomic E-state index is -1.04. The Hall–Kier alpha value is -2.41. The van der Waals surface area contributed by atoms with Crippen LogP contribution >= 0.6 is 15.9 Å². The third kappa shape index (κ3) is 3.12. The number of anilines is 2. The number of carbonyl (C=O) groups is 2. The zero-order valence-corrected chi connectivity index (χ0v) is 11.7. The lowest BCUT2D eigenvalue weighted by Crippen LogP contribution is -2.11. The number of aromatic nitrogens is 1. The van der Waals surface area contributed by atoms with E-state index < -0.39 is 11.9 Å². The van der Waals surface area contributed by atoms with Crippen LogP contribution in [-0.4, -0.2) is 22.0 Å². The van der Waals surface area contributed by atoms with E-state index in [9.17, 15) is 9.59 Å². The van der Waals surface area contributed by atoms with E-state index in [1.54, 1.807) is 12.1 Å². The monoisotopic (exact) mass is 335 g/mol. The zero-order valence-electron chi connectivity index (χ0n) is 10.1. The standard InChI is InChI=1S/C13H10BrN3O3/c14-10-2-1-8(6-9(10)13(19)20)17-11-5-7(12(15)18)3-4-16-11/h1-6H,(H2,15,18)(H,16,17)(H,19,20). The van der Waals surface area contributed by atoms with Gasteiger partial charge in [-0.3, -0.25) is 4.79 Å². The van der Waals surface area contributed by atoms with E-state index in [4.69, 9.17) is 10.8 Å². The maximum atomic E-state index is 11.1. The van der Waals surface area contributed by atoms with Gasteiger partial charge in [0, 0.05) is 21.9 Å². The van der Waals surface area contributed by atoms with Crippen LogP contribution in [0, 0.1) is 0 Å². The molecule has 0 fully saturated rings. The summed E-state index contributed by atoms with van der Waals surface area (Å²) in [7, 11) is 0. The van der Waals surface area contributed by atoms with E-state index in [1.165, 1.54) is 24.4 Å². The lowest BCUT2D eigenvalue weighted by molar-refractivity contribution is 0.0695. The number of nitrogens with two attached hydrogens (primary N) is 1. The molecule has 0 saturated heterocycles. The number of halogens is 1. The number of pyridine rings is 1. The molecular weight excluding hydrogens is 326 g/mol. The lowest BCUT2D eigenvalue weighted by atomic mass is 10.2. The molecule has 0 aliphatic rings. The summed E-state index contributed by atoms with van der Waals surface area (Å²) in [6.45, 7) is 0. The maximum absolute atomic E-state index is 11.1. The van der Waals surface area contributed by atoms with Gasteiger partial charge in [0.2, 0.25) is 5.91 Å². The molecular formula is C13H10BrN3O3. The largest absolute Gasteiger partial charge is 0.478 e. The Kier molecular flexibility index (Phi) is 3.99. The quantitative estimate of drug-likeness (QED) is 0.795. The number of hydrogen-bond donors (Lipinski definition) is 3. The normalized spacial score (nSPS) is 10.1. The molecule has 4 N–H and O–H groups in total. The Morgan fingerprint density at radius 2 is 2.00 bits per heavy atom. The van der Waals surface area contributed by atoms with Crippen molar-refractivity contribution in [3.8, 4) is 0 Å². The van der Waals surface area contributed by atoms with Crippen molar-refractivity contribution >= 4 is 39.3 Å². The fraction of sp³-hybridized carbons (Fsp3) is 0. The van der Waals surface area contributed by atoms with Crippen molar-refractivity contribution in [3.63, 3.8) is 0 Å². The number of carboxylic acids is 1. The smallest absolute Gasteiger partial charge is 0.336 e. The molecule has 0 atom stereocenters. The highest BCUT2D eigenvalue weighted by molar-refractivity contribution is 9.10. The third-order valence-corrected chi connectivity index (χ3v) is 3.21. The number of benzene rings is 1. The second kappa shape index (κ2) is 5.70. The van der Waals surface area contributed by atoms with Crippen molar-refractivity contribution in [1.29, 1.82) is 0 Å². The van der Waals surface area contributed by atoms with Gasteiger partial charge in [0.05, 0.1) is 5.56 Å². The average Bonchev–Trinajstić information content (AvgIpc) is 2.41. The number of carboxylic acid groups (broad SMARTS) is 1. The molecule has 2 rings (SSSR count). The van der Waals surface area contributed by atoms with E-state index in [0.29, 0.717) is 21.5 Å². The van der Waals surface area contributed by atoms with Crippen molar-refractivity contribution in [3.05, 3.63) is 52.1 Å². The van der Waals surface area contributed by atoms with Gasteiger partial charge in [0.15, 0.2) is 0 Å². The summed E-state index contributed by atoms with van der Waals surface area (Å²) in [5.74, 6) is -1.20. The van der Waals surface area contributed by atoms with Gasteiger partial charge < -0.3 is 16.2 Å². The lowest BCUT2D eigenvalue weighted by Gasteiger charge is -2.08. The Labute approximate surface area is 122 Å². The third-order valence-electron chi connectivity index (χ3n) is 2.51. The van der Waals surface area contributed by atoms with Crippen molar-refractivity contribution in [2.24, 2.45) is 5.73 Å². The highest BCUT2D eigenvalue weighted by Crippen LogP contribution is 2.23. The number of primary amides is 1. The summed E-state index contributed by atoms with van der Waals surface area (Å²) < 4.78 is 0.481. The molecule has 102 valence electrons. The summed E-state index contributed by atoms with van der Waals surface area (Å²) in [5, 5.41) is 12.0. The number of carbonyl (C=O) groups excluding carboxylic acids is 1. The van der Waals surface area contributed by atoms with Crippen LogP contribution in [0.3, 0.4) is 0 Å². The maximum Gasteiger partial charge on any atom is 0.336 e. The van der Waals surface area contributed by atoms with Crippen LogP contribution in [0.1, 0.15) is 20.7 Å². The molecule has 1 aromatic carbocycles. The SMILES string of the molecule is NC(=O)c1ccnc(Nc2ccc(Br)c(C(=O)O)c2)c1. The molecule has 7 heteroatoms. The molecule has 1 amide bonds. The summed E-state index contributed by atoms with van der Waals surface area (Å²) in [4.78, 5) is 26.1. The minimum Gasteiger partial charge on any atom is -0.478 e. The van der Waals surface area contributed by atoms with E-state index >= 15 is 0 Å². The van der Waals surface area contributed by atoms with Crippen LogP contribution in [0.4, 0.5) is 11.5 Å². The molecule has 1 heterocycles. The second-order valence-electron chi connectivity index (χ2n) is 3.92. The number of nitrogens with zero attached hydrogens (tertiary/aromatic N) is 1. The van der Waals surface area contributed by atoms with Crippen LogP contribution in [0.2, 0.25) is 0 Å². The number of hydrogen-bond acceptors (Lipinski definition) is 4. The van der Waals surface area contributed by atoms with Gasteiger partial charge in [0.25, 0.3) is 0 Å². The van der Waals surface area contributed by atoms with Crippen LogP contribution in [-0.2, 0) is 0 Å². The molecule has 0 bridgehead atoms. The summed E-state index contributed by atoms with van der Waals surface area (Å²) in [6.07, 6.45) is 1.44. The Bertz CT molecular complexity index is 688. The van der Waals surface area contributed by atoms with Gasteiger partial charge in [-0.25, -0.2) is 9.78 Å². The predicted octanol–water partition coefficient (Wildman–Crippen LogP) is 2.38. The molecule has 0 saturated carbocycles. The zero-order chi connectivity index (χ0) is 14.7. The van der Waals surface area contributed by atoms with Crippen LogP contribution in [0.15, 0.2) is 41.0 Å². The van der Waals surface area contributed by atoms with E-state index in [0.717, 1.165) is 0 Å². The summed E-state index contributed by atoms with van der Waals surface area (Å²) >= 11 is 3.16. The average molecular weight is 336 g/mol. The van der Waals surface area contributed by atoms with Gasteiger partial charge in [-0.05, 0) is 46.3 Å². The number of aromatic carboxylic acids is 1. The van der Waals surface area contributed by atoms with Crippen molar-refractivity contribution in [1.82, 2.24) is 4.98 Å². The topological polar surface area (TPSA) is 105 Å². The van der Waals surface area contributed by atoms with Gasteiger partial charge in [-0.15, -0.1) is 0 Å². The molecule has 2 aromatic rings. The Morgan fingerprint density at radius 3 is 2.65 bits per heavy atom. The van der Waals surface area contributed by atoms with Crippen LogP contribution in [0.5, 0.6) is 0 Å². The fourth-order valence-electron chi connectivity index (χ4n) is 1.57. The Balaban J connectivity index is 2.30. The van der Waals surface area contributed by atoms with Gasteiger partial charge in [0.1, 0.15) is 5.82 Å². The molecule has 6 nitrogen and oxygen atoms in total. The highest BCUT2D eigenvalue weighted by atomic mass is 79.9. The fourth-order valence-corrected chi connectivity index (χ4v) is 1.98. The van der Waals surface area contributed by atoms with E-state index in [1.807, 2.05) is 0 Å². The van der Waals surface area contributed by atoms with Gasteiger partial charge in [-0.1, -0.05) is 0 Å². The van der Waals surface area contributed by atoms with E-state index in [-0.39, 0.29) is 5.56 Å². The first-order valence-electron chi connectivity index (χ1n) is 5.53. The van der Waals surface area contributed by atoms with Crippen molar-refractivity contribution in [2.45, 2.75) is 0 Å². The van der Waals surface area contributed by atoms with E-state index in [2.05, 4.69) is 26.2 Å². The first-order valence-corrected chi connectivity index (χ1v) is 6.32. The number of rotatable bonds is 4. The molecule has 0 aliphatic heterocycles. The first-order chi connectivity index (χ1) is 9.47. The Morgan fingerprint density at radius 1 is 1.25 bits per heavy atom. The van der Waals surface area contributed by atoms with Gasteiger partial charge >= 0.3 is 5.97 Å². The molecule has 0 aliphatic carbocycles. The second-order valence-corrected chi connectivity index (χ2v) is 4.77. The highest BCUT2D eigenvalue weighted by Gasteiger charge is 2.09. The van der Waals surface area contributed by atoms with Gasteiger partial charge in [-0.2, -0.15) is 0 Å². The molecule has 1 aromatic heterocycles. The van der Waals surface area contributed by atoms with Crippen molar-refractivity contribution in [2.75, 3.05) is 5.32 Å². The summed E-state index contributed by atoms with van der Waals surface area (Å²) in [5.41, 5.74) is 6.17.